The van der Waals surface area contributed by atoms with Crippen LogP contribution in [0.3, 0.4) is 0 Å². The van der Waals surface area contributed by atoms with Crippen LogP contribution in [0.4, 0.5) is 4.79 Å². The molecular formula is C16H24Cl3NO9. The van der Waals surface area contributed by atoms with Crippen molar-refractivity contribution in [3.8, 4) is 0 Å². The number of ether oxygens (including phenoxy) is 5. The molecule has 0 fully saturated rings. The molecule has 0 aliphatic heterocycles. The highest BCUT2D eigenvalue weighted by atomic mass is 35.6. The fourth-order valence-corrected chi connectivity index (χ4v) is 2.10. The van der Waals surface area contributed by atoms with Crippen LogP contribution in [0, 0.1) is 0 Å². The molecule has 10 nitrogen and oxygen atoms in total. The van der Waals surface area contributed by atoms with Gasteiger partial charge in [0.05, 0.1) is 6.54 Å². The molecule has 1 N–H and O–H groups in total. The maximum Gasteiger partial charge on any atom is 0.407 e. The molecule has 1 unspecified atom stereocenters. The van der Waals surface area contributed by atoms with Crippen molar-refractivity contribution < 1.29 is 42.9 Å². The van der Waals surface area contributed by atoms with Crippen molar-refractivity contribution in [1.29, 1.82) is 0 Å². The normalized spacial score (nSPS) is 14.2. The summed E-state index contributed by atoms with van der Waals surface area (Å²) in [6.45, 7) is 4.10. The van der Waals surface area contributed by atoms with Crippen molar-refractivity contribution in [2.75, 3.05) is 19.8 Å². The lowest BCUT2D eigenvalue weighted by Crippen LogP contribution is -2.44. The minimum Gasteiger partial charge on any atom is -0.463 e. The van der Waals surface area contributed by atoms with Gasteiger partial charge in [-0.15, -0.1) is 0 Å². The zero-order valence-electron chi connectivity index (χ0n) is 16.4. The molecule has 3 atom stereocenters. The lowest BCUT2D eigenvalue weighted by atomic mass is 10.1. The van der Waals surface area contributed by atoms with E-state index in [1.807, 2.05) is 0 Å². The van der Waals surface area contributed by atoms with Gasteiger partial charge in [0, 0.05) is 20.8 Å². The molecule has 0 saturated heterocycles. The minimum atomic E-state index is -1.80. The van der Waals surface area contributed by atoms with Crippen LogP contribution in [0.15, 0.2) is 0 Å². The average molecular weight is 481 g/mol. The lowest BCUT2D eigenvalue weighted by Gasteiger charge is -2.29. The second-order valence-corrected chi connectivity index (χ2v) is 8.16. The molecule has 0 saturated carbocycles. The Hall–Kier alpha value is -1.49. The lowest BCUT2D eigenvalue weighted by molar-refractivity contribution is -0.211. The van der Waals surface area contributed by atoms with Crippen molar-refractivity contribution in [2.24, 2.45) is 0 Å². The molecule has 0 bridgehead atoms. The van der Waals surface area contributed by atoms with E-state index in [-0.39, 0.29) is 13.2 Å². The van der Waals surface area contributed by atoms with Crippen molar-refractivity contribution in [3.05, 3.63) is 0 Å². The summed E-state index contributed by atoms with van der Waals surface area (Å²) in [4.78, 5) is 45.5. The molecule has 0 aromatic carbocycles. The first kappa shape index (κ1) is 27.5. The fraction of sp³-hybridized carbons (Fsp3) is 0.750. The van der Waals surface area contributed by atoms with Gasteiger partial charge < -0.3 is 29.0 Å². The molecule has 0 aliphatic carbocycles. The Labute approximate surface area is 183 Å². The largest absolute Gasteiger partial charge is 0.463 e. The maximum absolute atomic E-state index is 11.7. The van der Waals surface area contributed by atoms with Crippen LogP contribution in [-0.2, 0) is 38.1 Å². The van der Waals surface area contributed by atoms with E-state index in [1.54, 1.807) is 6.92 Å². The number of rotatable bonds is 11. The predicted octanol–water partition coefficient (Wildman–Crippen LogP) is 2.26. The molecule has 0 aromatic heterocycles. The summed E-state index contributed by atoms with van der Waals surface area (Å²) in [5.74, 6) is -1.88. The summed E-state index contributed by atoms with van der Waals surface area (Å²) in [5.41, 5.74) is 0. The van der Waals surface area contributed by atoms with Crippen LogP contribution >= 0.6 is 34.8 Å². The second-order valence-electron chi connectivity index (χ2n) is 5.64. The molecule has 0 spiro atoms. The molecule has 29 heavy (non-hydrogen) atoms. The summed E-state index contributed by atoms with van der Waals surface area (Å²) in [6.07, 6.45) is -3.73. The van der Waals surface area contributed by atoms with E-state index in [9.17, 15) is 19.2 Å². The third kappa shape index (κ3) is 15.1. The maximum atomic E-state index is 11.7. The van der Waals surface area contributed by atoms with Gasteiger partial charge >= 0.3 is 24.0 Å². The quantitative estimate of drug-likeness (QED) is 0.205. The highest BCUT2D eigenvalue weighted by Crippen LogP contribution is 2.25. The topological polar surface area (TPSA) is 126 Å². The van der Waals surface area contributed by atoms with Crippen LogP contribution in [0.1, 0.15) is 34.1 Å². The van der Waals surface area contributed by atoms with E-state index in [0.29, 0.717) is 6.42 Å². The van der Waals surface area contributed by atoms with Gasteiger partial charge in [0.15, 0.2) is 0 Å². The van der Waals surface area contributed by atoms with Crippen LogP contribution in [-0.4, -0.2) is 66.1 Å². The van der Waals surface area contributed by atoms with Crippen molar-refractivity contribution >= 4 is 58.8 Å². The summed E-state index contributed by atoms with van der Waals surface area (Å²) < 4.78 is 23.6. The van der Waals surface area contributed by atoms with Gasteiger partial charge in [0.2, 0.25) is 10.1 Å². The standard InChI is InChI=1S/C16H24Cl3NO9/c1-5-12(27-10(3)22)13(7-25-9(2)21)29-14(28-11(4)23)6-20-15(24)26-8-16(17,18)19/h12-14H,5-8H2,1-4H3,(H,20,24)/t12-,13?,14-/m1/s1. The molecule has 0 radical (unpaired) electrons. The zero-order valence-corrected chi connectivity index (χ0v) is 18.6. The number of hydrogen-bond donors (Lipinski definition) is 1. The van der Waals surface area contributed by atoms with Crippen LogP contribution < -0.4 is 5.32 Å². The molecule has 13 heteroatoms. The van der Waals surface area contributed by atoms with Gasteiger partial charge in [-0.05, 0) is 6.42 Å². The Bertz CT molecular complexity index is 568. The van der Waals surface area contributed by atoms with Gasteiger partial charge in [0.25, 0.3) is 0 Å². The van der Waals surface area contributed by atoms with Gasteiger partial charge in [-0.25, -0.2) is 4.79 Å². The van der Waals surface area contributed by atoms with Crippen LogP contribution in [0.5, 0.6) is 0 Å². The summed E-state index contributed by atoms with van der Waals surface area (Å²) in [7, 11) is 0. The highest BCUT2D eigenvalue weighted by molar-refractivity contribution is 6.67. The van der Waals surface area contributed by atoms with Crippen LogP contribution in [0.2, 0.25) is 0 Å². The third-order valence-corrected chi connectivity index (χ3v) is 3.32. The van der Waals surface area contributed by atoms with E-state index in [0.717, 1.165) is 6.92 Å². The fourth-order valence-electron chi connectivity index (χ4n) is 1.93. The van der Waals surface area contributed by atoms with E-state index in [2.05, 4.69) is 10.1 Å². The predicted molar refractivity (Wildman–Crippen MR) is 103 cm³/mol. The smallest absolute Gasteiger partial charge is 0.407 e. The molecule has 0 aromatic rings. The van der Waals surface area contributed by atoms with Crippen LogP contribution in [0.25, 0.3) is 0 Å². The molecule has 1 amide bonds. The summed E-state index contributed by atoms with van der Waals surface area (Å²) >= 11 is 16.4. The van der Waals surface area contributed by atoms with Gasteiger partial charge in [-0.3, -0.25) is 14.4 Å². The zero-order chi connectivity index (χ0) is 22.6. The molecule has 168 valence electrons. The molecule has 0 heterocycles. The number of amides is 1. The number of halogens is 3. The SMILES string of the molecule is CC[C@@H](OC(C)=O)C(COC(C)=O)O[C@H](CNC(=O)OCC(Cl)(Cl)Cl)OC(C)=O. The molecule has 0 aliphatic rings. The Kier molecular flexibility index (Phi) is 13.0. The number of carbonyl (C=O) groups excluding carboxylic acids is 4. The molecule has 0 rings (SSSR count). The van der Waals surface area contributed by atoms with Crippen molar-refractivity contribution in [2.45, 2.75) is 56.4 Å². The summed E-state index contributed by atoms with van der Waals surface area (Å²) in [5, 5.41) is 2.27. The van der Waals surface area contributed by atoms with Crippen molar-refractivity contribution in [1.82, 2.24) is 5.32 Å². The van der Waals surface area contributed by atoms with E-state index < -0.39 is 52.9 Å². The number of carbonyl (C=O) groups is 4. The first-order valence-electron chi connectivity index (χ1n) is 8.44. The third-order valence-electron chi connectivity index (χ3n) is 2.99. The number of alkyl carbamates (subject to hydrolysis) is 1. The number of esters is 3. The van der Waals surface area contributed by atoms with E-state index in [1.165, 1.54) is 13.8 Å². The Morgan fingerprint density at radius 3 is 1.93 bits per heavy atom. The minimum absolute atomic E-state index is 0.281. The molecular weight excluding hydrogens is 457 g/mol. The van der Waals surface area contributed by atoms with Gasteiger partial charge in [-0.1, -0.05) is 41.7 Å². The summed E-state index contributed by atoms with van der Waals surface area (Å²) in [6, 6.07) is 0. The number of hydrogen-bond acceptors (Lipinski definition) is 9. The average Bonchev–Trinajstić information content (AvgIpc) is 2.57. The first-order chi connectivity index (χ1) is 13.3. The Balaban J connectivity index is 5.10. The monoisotopic (exact) mass is 479 g/mol. The van der Waals surface area contributed by atoms with E-state index in [4.69, 9.17) is 53.8 Å². The van der Waals surface area contributed by atoms with Gasteiger partial charge in [-0.2, -0.15) is 0 Å². The first-order valence-corrected chi connectivity index (χ1v) is 9.58. The van der Waals surface area contributed by atoms with Gasteiger partial charge in [0.1, 0.15) is 25.4 Å². The van der Waals surface area contributed by atoms with Crippen molar-refractivity contribution in [3.63, 3.8) is 0 Å². The number of nitrogens with one attached hydrogen (secondary N) is 1. The highest BCUT2D eigenvalue weighted by Gasteiger charge is 2.30. The Morgan fingerprint density at radius 1 is 0.897 bits per heavy atom. The second kappa shape index (κ2) is 13.7. The van der Waals surface area contributed by atoms with E-state index >= 15 is 0 Å². The number of alkyl halides is 3. The Morgan fingerprint density at radius 2 is 1.48 bits per heavy atom.